The molecule has 0 aliphatic rings. The number of rotatable bonds is 2. The van der Waals surface area contributed by atoms with E-state index in [4.69, 9.17) is 11.5 Å². The van der Waals surface area contributed by atoms with Crippen LogP contribution in [0.15, 0.2) is 24.4 Å². The van der Waals surface area contributed by atoms with Crippen LogP contribution in [-0.2, 0) is 0 Å². The first-order chi connectivity index (χ1) is 9.11. The highest BCUT2D eigenvalue weighted by Crippen LogP contribution is 2.31. The zero-order valence-electron chi connectivity index (χ0n) is 11.1. The minimum absolute atomic E-state index is 0.214. The van der Waals surface area contributed by atoms with E-state index in [1.165, 1.54) is 0 Å². The summed E-state index contributed by atoms with van der Waals surface area (Å²) in [7, 11) is 0. The highest BCUT2D eigenvalue weighted by molar-refractivity contribution is 6.10. The average molecular weight is 255 g/mol. The first-order valence-electron chi connectivity index (χ1n) is 6.44. The Morgan fingerprint density at radius 3 is 2.74 bits per heavy atom. The van der Waals surface area contributed by atoms with Crippen LogP contribution in [0.5, 0.6) is 0 Å². The van der Waals surface area contributed by atoms with Crippen molar-refractivity contribution in [2.45, 2.75) is 26.3 Å². The van der Waals surface area contributed by atoms with Crippen molar-refractivity contribution in [3.8, 4) is 0 Å². The van der Waals surface area contributed by atoms with Crippen LogP contribution in [0, 0.1) is 0 Å². The molecule has 0 saturated heterocycles. The molecular formula is C14H17N5. The fourth-order valence-electron chi connectivity index (χ4n) is 2.50. The van der Waals surface area contributed by atoms with Gasteiger partial charge in [-0.15, -0.1) is 0 Å². The van der Waals surface area contributed by atoms with Crippen LogP contribution < -0.4 is 11.5 Å². The van der Waals surface area contributed by atoms with Crippen LogP contribution in [0.4, 0.5) is 11.8 Å². The second-order valence-electron chi connectivity index (χ2n) is 4.84. The number of hydrogen-bond acceptors (Lipinski definition) is 4. The van der Waals surface area contributed by atoms with Gasteiger partial charge in [0, 0.05) is 23.1 Å². The second-order valence-corrected chi connectivity index (χ2v) is 4.84. The largest absolute Gasteiger partial charge is 0.383 e. The van der Waals surface area contributed by atoms with Gasteiger partial charge < -0.3 is 16.0 Å². The van der Waals surface area contributed by atoms with Crippen molar-refractivity contribution < 1.29 is 0 Å². The molecule has 3 rings (SSSR count). The van der Waals surface area contributed by atoms with Crippen LogP contribution in [0.2, 0.25) is 0 Å². The topological polar surface area (TPSA) is 82.8 Å². The zero-order valence-corrected chi connectivity index (χ0v) is 11.1. The first-order valence-corrected chi connectivity index (χ1v) is 6.44. The predicted octanol–water partition coefficient (Wildman–Crippen LogP) is 2.72. The number of nitrogens with zero attached hydrogens (tertiary/aromatic N) is 3. The Balaban J connectivity index is 2.39. The maximum atomic E-state index is 6.00. The Morgan fingerprint density at radius 2 is 2.00 bits per heavy atom. The minimum Gasteiger partial charge on any atom is -0.383 e. The van der Waals surface area contributed by atoms with Gasteiger partial charge in [0.1, 0.15) is 5.82 Å². The molecule has 0 radical (unpaired) electrons. The minimum atomic E-state index is 0.214. The summed E-state index contributed by atoms with van der Waals surface area (Å²) in [6.45, 7) is 4.38. The number of aromatic nitrogens is 3. The van der Waals surface area contributed by atoms with Crippen LogP contribution in [-0.4, -0.2) is 14.5 Å². The Labute approximate surface area is 111 Å². The third kappa shape index (κ3) is 1.69. The molecule has 2 aromatic heterocycles. The van der Waals surface area contributed by atoms with Crippen molar-refractivity contribution in [2.75, 3.05) is 11.5 Å². The molecule has 0 saturated carbocycles. The van der Waals surface area contributed by atoms with Crippen molar-refractivity contribution >= 4 is 33.6 Å². The van der Waals surface area contributed by atoms with E-state index < -0.39 is 0 Å². The van der Waals surface area contributed by atoms with Crippen molar-refractivity contribution in [1.82, 2.24) is 14.5 Å². The Morgan fingerprint density at radius 1 is 1.21 bits per heavy atom. The van der Waals surface area contributed by atoms with E-state index >= 15 is 0 Å². The van der Waals surface area contributed by atoms with Gasteiger partial charge in [0.15, 0.2) is 0 Å². The summed E-state index contributed by atoms with van der Waals surface area (Å²) in [4.78, 5) is 8.30. The fourth-order valence-corrected chi connectivity index (χ4v) is 2.50. The van der Waals surface area contributed by atoms with Crippen molar-refractivity contribution in [3.63, 3.8) is 0 Å². The maximum absolute atomic E-state index is 6.00. The highest BCUT2D eigenvalue weighted by atomic mass is 15.0. The summed E-state index contributed by atoms with van der Waals surface area (Å²) in [6.07, 6.45) is 3.17. The van der Waals surface area contributed by atoms with Crippen molar-refractivity contribution in [3.05, 3.63) is 24.4 Å². The molecule has 1 atom stereocenters. The van der Waals surface area contributed by atoms with Gasteiger partial charge in [-0.05, 0) is 31.5 Å². The summed E-state index contributed by atoms with van der Waals surface area (Å²) in [5, 5.41) is 1.96. The lowest BCUT2D eigenvalue weighted by atomic mass is 10.1. The van der Waals surface area contributed by atoms with Gasteiger partial charge in [-0.2, -0.15) is 4.98 Å². The molecule has 1 unspecified atom stereocenters. The van der Waals surface area contributed by atoms with Gasteiger partial charge in [-0.25, -0.2) is 4.98 Å². The third-order valence-corrected chi connectivity index (χ3v) is 3.67. The number of nitrogen functional groups attached to an aromatic ring is 2. The molecule has 0 fully saturated rings. The SMILES string of the molecule is CCC(C)n1ccc2c3c(N)nc(N)nc3ccc21. The van der Waals surface area contributed by atoms with Crippen molar-refractivity contribution in [1.29, 1.82) is 0 Å². The van der Waals surface area contributed by atoms with E-state index in [2.05, 4.69) is 46.7 Å². The second kappa shape index (κ2) is 4.12. The molecule has 1 aromatic carbocycles. The molecule has 3 aromatic rings. The van der Waals surface area contributed by atoms with Gasteiger partial charge in [0.05, 0.1) is 10.9 Å². The standard InChI is InChI=1S/C14H17N5/c1-3-8(2)19-7-6-9-11(19)5-4-10-12(9)13(15)18-14(16)17-10/h4-8H,3H2,1-2H3,(H4,15,16,17,18). The highest BCUT2D eigenvalue weighted by Gasteiger charge is 2.12. The Kier molecular flexibility index (Phi) is 2.55. The lowest BCUT2D eigenvalue weighted by molar-refractivity contribution is 0.548. The molecule has 0 aliphatic carbocycles. The van der Waals surface area contributed by atoms with Gasteiger partial charge in [0.2, 0.25) is 5.95 Å². The van der Waals surface area contributed by atoms with E-state index in [1.54, 1.807) is 0 Å². The van der Waals surface area contributed by atoms with Gasteiger partial charge in [-0.1, -0.05) is 6.92 Å². The summed E-state index contributed by atoms with van der Waals surface area (Å²) in [5.74, 6) is 0.653. The average Bonchev–Trinajstić information content (AvgIpc) is 2.80. The third-order valence-electron chi connectivity index (χ3n) is 3.67. The number of hydrogen-bond donors (Lipinski definition) is 2. The normalized spacial score (nSPS) is 13.2. The zero-order chi connectivity index (χ0) is 13.6. The van der Waals surface area contributed by atoms with Crippen LogP contribution in [0.1, 0.15) is 26.3 Å². The van der Waals surface area contributed by atoms with Crippen molar-refractivity contribution in [2.24, 2.45) is 0 Å². The number of anilines is 2. The molecule has 2 heterocycles. The lowest BCUT2D eigenvalue weighted by Gasteiger charge is -2.13. The molecule has 5 nitrogen and oxygen atoms in total. The summed E-state index contributed by atoms with van der Waals surface area (Å²) in [5.41, 5.74) is 13.6. The molecule has 98 valence electrons. The molecule has 0 spiro atoms. The van der Waals surface area contributed by atoms with E-state index in [-0.39, 0.29) is 5.95 Å². The quantitative estimate of drug-likeness (QED) is 0.737. The van der Waals surface area contributed by atoms with E-state index in [1.807, 2.05) is 6.07 Å². The fraction of sp³-hybridized carbons (Fsp3) is 0.286. The smallest absolute Gasteiger partial charge is 0.222 e. The molecule has 0 amide bonds. The number of nitrogens with two attached hydrogens (primary N) is 2. The van der Waals surface area contributed by atoms with Gasteiger partial charge in [-0.3, -0.25) is 0 Å². The van der Waals surface area contributed by atoms with E-state index in [0.29, 0.717) is 11.9 Å². The van der Waals surface area contributed by atoms with Gasteiger partial charge >= 0.3 is 0 Å². The molecular weight excluding hydrogens is 238 g/mol. The molecule has 4 N–H and O–H groups in total. The summed E-state index contributed by atoms with van der Waals surface area (Å²) >= 11 is 0. The summed E-state index contributed by atoms with van der Waals surface area (Å²) in [6, 6.07) is 6.53. The Bertz CT molecular complexity index is 759. The molecule has 5 heteroatoms. The Hall–Kier alpha value is -2.30. The van der Waals surface area contributed by atoms with Crippen LogP contribution in [0.3, 0.4) is 0 Å². The molecule has 0 bridgehead atoms. The number of benzene rings is 1. The molecule has 0 aliphatic heterocycles. The first kappa shape index (κ1) is 11.8. The maximum Gasteiger partial charge on any atom is 0.222 e. The van der Waals surface area contributed by atoms with Crippen LogP contribution >= 0.6 is 0 Å². The predicted molar refractivity (Wildman–Crippen MR) is 78.9 cm³/mol. The van der Waals surface area contributed by atoms with Gasteiger partial charge in [0.25, 0.3) is 0 Å². The van der Waals surface area contributed by atoms with Crippen LogP contribution in [0.25, 0.3) is 21.8 Å². The number of fused-ring (bicyclic) bond motifs is 3. The summed E-state index contributed by atoms with van der Waals surface area (Å²) < 4.78 is 2.25. The van der Waals surface area contributed by atoms with E-state index in [9.17, 15) is 0 Å². The lowest BCUT2D eigenvalue weighted by Crippen LogP contribution is -2.03. The monoisotopic (exact) mass is 255 g/mol. The van der Waals surface area contributed by atoms with E-state index in [0.717, 1.165) is 28.2 Å². The molecule has 19 heavy (non-hydrogen) atoms.